The van der Waals surface area contributed by atoms with E-state index in [4.69, 9.17) is 19.6 Å². The van der Waals surface area contributed by atoms with Crippen molar-refractivity contribution in [1.82, 2.24) is 9.66 Å². The van der Waals surface area contributed by atoms with E-state index in [0.717, 1.165) is 52.9 Å². The van der Waals surface area contributed by atoms with Crippen LogP contribution in [0.25, 0.3) is 10.9 Å². The van der Waals surface area contributed by atoms with Gasteiger partial charge < -0.3 is 9.47 Å². The van der Waals surface area contributed by atoms with Crippen LogP contribution in [0.4, 0.5) is 0 Å². The molecule has 6 nitrogen and oxygen atoms in total. The minimum absolute atomic E-state index is 0.00380. The van der Waals surface area contributed by atoms with Gasteiger partial charge in [0.25, 0.3) is 5.56 Å². The highest BCUT2D eigenvalue weighted by atomic mass is 79.9. The molecule has 4 rings (SSSR count). The molecule has 1 fully saturated rings. The second-order valence-corrected chi connectivity index (χ2v) is 12.0. The average Bonchev–Trinajstić information content (AvgIpc) is 2.88. The van der Waals surface area contributed by atoms with Gasteiger partial charge in [-0.2, -0.15) is 9.78 Å². The van der Waals surface area contributed by atoms with Crippen LogP contribution in [0.1, 0.15) is 82.7 Å². The largest absolute Gasteiger partial charge is 0.490 e. The fourth-order valence-corrected chi connectivity index (χ4v) is 5.17. The summed E-state index contributed by atoms with van der Waals surface area (Å²) in [6, 6.07) is 9.59. The molecule has 38 heavy (non-hydrogen) atoms. The van der Waals surface area contributed by atoms with Crippen LogP contribution in [0.15, 0.2) is 57.4 Å². The van der Waals surface area contributed by atoms with Crippen LogP contribution in [0.5, 0.6) is 11.5 Å². The molecule has 1 aromatic heterocycles. The van der Waals surface area contributed by atoms with Gasteiger partial charge in [0.1, 0.15) is 5.82 Å². The highest BCUT2D eigenvalue weighted by Crippen LogP contribution is 2.35. The van der Waals surface area contributed by atoms with E-state index in [1.54, 1.807) is 6.21 Å². The Labute approximate surface area is 233 Å². The molecule has 3 aromatic rings. The smallest absolute Gasteiger partial charge is 0.282 e. The van der Waals surface area contributed by atoms with Gasteiger partial charge in [-0.1, -0.05) is 62.0 Å². The van der Waals surface area contributed by atoms with E-state index in [-0.39, 0.29) is 16.9 Å². The van der Waals surface area contributed by atoms with Gasteiger partial charge in [0, 0.05) is 16.0 Å². The zero-order valence-corrected chi connectivity index (χ0v) is 24.5. The number of benzene rings is 2. The second kappa shape index (κ2) is 12.3. The maximum Gasteiger partial charge on any atom is 0.282 e. The normalized spacial score (nSPS) is 14.8. The van der Waals surface area contributed by atoms with Gasteiger partial charge in [-0.25, -0.2) is 4.98 Å². The van der Waals surface area contributed by atoms with Crippen molar-refractivity contribution < 1.29 is 9.47 Å². The van der Waals surface area contributed by atoms with Crippen molar-refractivity contribution in [3.05, 3.63) is 74.8 Å². The van der Waals surface area contributed by atoms with Crippen molar-refractivity contribution >= 4 is 33.0 Å². The Morgan fingerprint density at radius 2 is 1.92 bits per heavy atom. The van der Waals surface area contributed by atoms with E-state index in [1.807, 2.05) is 43.3 Å². The topological polar surface area (TPSA) is 65.7 Å². The first-order valence-electron chi connectivity index (χ1n) is 13.5. The Balaban J connectivity index is 1.81. The second-order valence-electron chi connectivity index (χ2n) is 11.1. The summed E-state index contributed by atoms with van der Waals surface area (Å²) in [5.74, 6) is 2.35. The Hall–Kier alpha value is -2.93. The molecule has 202 valence electrons. The SMILES string of the molecule is C=CCc1cc(C=Nn2c(C3CCCCC3)nc3ccc(Br)cc3c2=O)cc(OCC)c1OCC(C)(C)C. The van der Waals surface area contributed by atoms with Crippen molar-refractivity contribution in [2.24, 2.45) is 10.5 Å². The molecule has 0 amide bonds. The molecule has 2 aromatic carbocycles. The molecule has 0 aliphatic heterocycles. The molecule has 0 spiro atoms. The minimum Gasteiger partial charge on any atom is -0.490 e. The minimum atomic E-state index is -0.158. The number of rotatable bonds is 9. The number of halogens is 1. The lowest BCUT2D eigenvalue weighted by Crippen LogP contribution is -2.25. The van der Waals surface area contributed by atoms with Gasteiger partial charge in [0.2, 0.25) is 0 Å². The van der Waals surface area contributed by atoms with Gasteiger partial charge in [-0.15, -0.1) is 6.58 Å². The predicted molar refractivity (Wildman–Crippen MR) is 159 cm³/mol. The summed E-state index contributed by atoms with van der Waals surface area (Å²) in [5, 5.41) is 5.27. The van der Waals surface area contributed by atoms with Crippen molar-refractivity contribution in [3.63, 3.8) is 0 Å². The van der Waals surface area contributed by atoms with E-state index in [9.17, 15) is 4.79 Å². The highest BCUT2D eigenvalue weighted by Gasteiger charge is 2.23. The van der Waals surface area contributed by atoms with Crippen molar-refractivity contribution in [2.45, 2.75) is 72.1 Å². The fourth-order valence-electron chi connectivity index (χ4n) is 4.81. The highest BCUT2D eigenvalue weighted by molar-refractivity contribution is 9.10. The van der Waals surface area contributed by atoms with Crippen LogP contribution in [-0.4, -0.2) is 29.1 Å². The predicted octanol–water partition coefficient (Wildman–Crippen LogP) is 7.64. The first kappa shape index (κ1) is 28.1. The maximum absolute atomic E-state index is 13.7. The number of fused-ring (bicyclic) bond motifs is 1. The molecule has 1 saturated carbocycles. The number of ether oxygens (including phenoxy) is 2. The molecule has 0 unspecified atom stereocenters. The van der Waals surface area contributed by atoms with Crippen molar-refractivity contribution in [2.75, 3.05) is 13.2 Å². The summed E-state index contributed by atoms with van der Waals surface area (Å²) in [6.45, 7) is 13.4. The third kappa shape index (κ3) is 6.73. The van der Waals surface area contributed by atoms with E-state index in [1.165, 1.54) is 11.1 Å². The van der Waals surface area contributed by atoms with Crippen molar-refractivity contribution in [3.8, 4) is 11.5 Å². The lowest BCUT2D eigenvalue weighted by Gasteiger charge is -2.23. The lowest BCUT2D eigenvalue weighted by atomic mass is 9.88. The zero-order valence-electron chi connectivity index (χ0n) is 22.9. The summed E-state index contributed by atoms with van der Waals surface area (Å²) >= 11 is 3.49. The van der Waals surface area contributed by atoms with Gasteiger partial charge in [0.05, 0.1) is 30.3 Å². The third-order valence-corrected chi connectivity index (χ3v) is 7.09. The van der Waals surface area contributed by atoms with Crippen LogP contribution in [0.2, 0.25) is 0 Å². The average molecular weight is 581 g/mol. The first-order valence-corrected chi connectivity index (χ1v) is 14.3. The van der Waals surface area contributed by atoms with Gasteiger partial charge in [-0.3, -0.25) is 4.79 Å². The van der Waals surface area contributed by atoms with E-state index >= 15 is 0 Å². The van der Waals surface area contributed by atoms with Crippen LogP contribution >= 0.6 is 15.9 Å². The third-order valence-electron chi connectivity index (χ3n) is 6.59. The molecular weight excluding hydrogens is 542 g/mol. The van der Waals surface area contributed by atoms with Crippen LogP contribution in [-0.2, 0) is 6.42 Å². The molecular formula is C31H38BrN3O3. The molecule has 0 atom stereocenters. The molecule has 1 heterocycles. The van der Waals surface area contributed by atoms with Crippen molar-refractivity contribution in [1.29, 1.82) is 0 Å². The first-order chi connectivity index (χ1) is 18.2. The van der Waals surface area contributed by atoms with E-state index < -0.39 is 0 Å². The molecule has 0 bridgehead atoms. The Morgan fingerprint density at radius 1 is 1.16 bits per heavy atom. The van der Waals surface area contributed by atoms with E-state index in [2.05, 4.69) is 43.3 Å². The summed E-state index contributed by atoms with van der Waals surface area (Å²) in [6.07, 6.45) is 9.74. The molecule has 1 aliphatic carbocycles. The summed E-state index contributed by atoms with van der Waals surface area (Å²) in [4.78, 5) is 18.6. The standard InChI is InChI=1S/C31H38BrN3O3/c1-6-11-23-16-21(17-27(37-7-2)28(23)38-20-31(3,4)5)19-33-35-29(22-12-9-8-10-13-22)34-26-15-14-24(32)18-25(26)30(35)36/h6,14-19,22H,1,7-13,20H2,2-5H3. The molecule has 7 heteroatoms. The monoisotopic (exact) mass is 579 g/mol. The summed E-state index contributed by atoms with van der Waals surface area (Å²) in [5.41, 5.74) is 2.34. The van der Waals surface area contributed by atoms with E-state index in [0.29, 0.717) is 36.3 Å². The van der Waals surface area contributed by atoms with Crippen LogP contribution < -0.4 is 15.0 Å². The Kier molecular flexibility index (Phi) is 9.08. The Morgan fingerprint density at radius 3 is 2.61 bits per heavy atom. The molecule has 0 N–H and O–H groups in total. The Bertz CT molecular complexity index is 1380. The van der Waals surface area contributed by atoms with Crippen LogP contribution in [0.3, 0.4) is 0 Å². The molecule has 0 radical (unpaired) electrons. The number of hydrogen-bond donors (Lipinski definition) is 0. The van der Waals surface area contributed by atoms with Gasteiger partial charge in [0.15, 0.2) is 11.5 Å². The molecule has 0 saturated heterocycles. The molecule has 1 aliphatic rings. The number of aromatic nitrogens is 2. The van der Waals surface area contributed by atoms with Crippen LogP contribution in [0, 0.1) is 5.41 Å². The van der Waals surface area contributed by atoms with Gasteiger partial charge in [-0.05, 0) is 67.5 Å². The van der Waals surface area contributed by atoms with Gasteiger partial charge >= 0.3 is 0 Å². The summed E-state index contributed by atoms with van der Waals surface area (Å²) < 4.78 is 14.6. The lowest BCUT2D eigenvalue weighted by molar-refractivity contribution is 0.187. The zero-order chi connectivity index (χ0) is 27.3. The number of allylic oxidation sites excluding steroid dienone is 1. The maximum atomic E-state index is 13.7. The summed E-state index contributed by atoms with van der Waals surface area (Å²) in [7, 11) is 0. The number of nitrogens with zero attached hydrogens (tertiary/aromatic N) is 3. The quantitative estimate of drug-likeness (QED) is 0.193. The fraction of sp³-hybridized carbons (Fsp3) is 0.452. The number of hydrogen-bond acceptors (Lipinski definition) is 5.